The molecule has 2 atom stereocenters. The summed E-state index contributed by atoms with van der Waals surface area (Å²) in [5.41, 5.74) is 6.46. The summed E-state index contributed by atoms with van der Waals surface area (Å²) in [6.07, 6.45) is 0. The molecule has 2 heteroatoms. The van der Waals surface area contributed by atoms with Crippen molar-refractivity contribution in [1.82, 2.24) is 0 Å². The van der Waals surface area contributed by atoms with Gasteiger partial charge in [0, 0.05) is 11.3 Å². The van der Waals surface area contributed by atoms with Crippen molar-refractivity contribution in [3.05, 3.63) is 71.8 Å². The Balaban J connectivity index is 2.61. The van der Waals surface area contributed by atoms with Gasteiger partial charge in [-0.25, -0.2) is 0 Å². The fraction of sp³-hybridized carbons (Fsp3) is 0.368. The van der Waals surface area contributed by atoms with Crippen LogP contribution < -0.4 is 5.73 Å². The van der Waals surface area contributed by atoms with Gasteiger partial charge in [-0.15, -0.1) is 0 Å². The van der Waals surface area contributed by atoms with Crippen LogP contribution in [0, 0.1) is 5.92 Å². The molecular weight excluding hydrogens is 258 g/mol. The molecule has 2 aromatic carbocycles. The maximum atomic E-state index is 11.7. The van der Waals surface area contributed by atoms with Crippen molar-refractivity contribution in [2.75, 3.05) is 6.54 Å². The van der Waals surface area contributed by atoms with Crippen LogP contribution in [-0.2, 0) is 11.0 Å². The molecule has 2 rings (SSSR count). The zero-order chi connectivity index (χ0) is 15.5. The molecular formula is C19H25NO. The van der Waals surface area contributed by atoms with Crippen LogP contribution in [0.25, 0.3) is 0 Å². The number of hydrogen-bond donors (Lipinski definition) is 2. The van der Waals surface area contributed by atoms with Crippen molar-refractivity contribution in [2.45, 2.75) is 31.8 Å². The smallest absolute Gasteiger partial charge is 0.102 e. The van der Waals surface area contributed by atoms with Crippen LogP contribution in [0.5, 0.6) is 0 Å². The average Bonchev–Trinajstić information content (AvgIpc) is 2.54. The van der Waals surface area contributed by atoms with Crippen LogP contribution >= 0.6 is 0 Å². The van der Waals surface area contributed by atoms with E-state index in [1.165, 1.54) is 0 Å². The molecule has 0 spiro atoms. The van der Waals surface area contributed by atoms with E-state index in [-0.39, 0.29) is 5.92 Å². The van der Waals surface area contributed by atoms with Gasteiger partial charge in [0.05, 0.1) is 0 Å². The van der Waals surface area contributed by atoms with E-state index < -0.39 is 11.0 Å². The third-order valence-corrected chi connectivity index (χ3v) is 4.73. The minimum Gasteiger partial charge on any atom is -0.384 e. The fourth-order valence-corrected chi connectivity index (χ4v) is 3.20. The number of rotatable bonds is 5. The highest BCUT2D eigenvalue weighted by atomic mass is 16.3. The lowest BCUT2D eigenvalue weighted by Gasteiger charge is -2.47. The molecule has 0 aliphatic rings. The third kappa shape index (κ3) is 2.61. The van der Waals surface area contributed by atoms with Gasteiger partial charge < -0.3 is 10.8 Å². The lowest BCUT2D eigenvalue weighted by atomic mass is 9.61. The van der Waals surface area contributed by atoms with Crippen LogP contribution in [0.4, 0.5) is 0 Å². The lowest BCUT2D eigenvalue weighted by Crippen LogP contribution is -2.52. The van der Waals surface area contributed by atoms with Crippen molar-refractivity contribution in [2.24, 2.45) is 11.7 Å². The summed E-state index contributed by atoms with van der Waals surface area (Å²) in [5, 5.41) is 11.7. The Hall–Kier alpha value is -1.64. The first-order valence-corrected chi connectivity index (χ1v) is 7.48. The summed E-state index contributed by atoms with van der Waals surface area (Å²) >= 11 is 0. The SMILES string of the molecule is C[C@H](CN)[C@](O)(c1ccccc1)C(C)(C)c1ccccc1. The van der Waals surface area contributed by atoms with Crippen molar-refractivity contribution >= 4 is 0 Å². The minimum atomic E-state index is -1.02. The zero-order valence-electron chi connectivity index (χ0n) is 13.1. The molecule has 0 saturated heterocycles. The molecule has 0 bridgehead atoms. The van der Waals surface area contributed by atoms with E-state index in [4.69, 9.17) is 5.73 Å². The first-order chi connectivity index (χ1) is 9.94. The van der Waals surface area contributed by atoms with Crippen LogP contribution in [-0.4, -0.2) is 11.7 Å². The molecule has 0 aliphatic heterocycles. The van der Waals surface area contributed by atoms with Gasteiger partial charge in [-0.1, -0.05) is 81.4 Å². The van der Waals surface area contributed by atoms with Gasteiger partial charge in [0.1, 0.15) is 5.60 Å². The van der Waals surface area contributed by atoms with Gasteiger partial charge in [0.2, 0.25) is 0 Å². The Morgan fingerprint density at radius 1 is 0.905 bits per heavy atom. The molecule has 0 saturated carbocycles. The minimum absolute atomic E-state index is 0.0601. The summed E-state index contributed by atoms with van der Waals surface area (Å²) in [6.45, 7) is 6.61. The summed E-state index contributed by atoms with van der Waals surface area (Å²) in [5.74, 6) is -0.0601. The van der Waals surface area contributed by atoms with Gasteiger partial charge in [0.25, 0.3) is 0 Å². The van der Waals surface area contributed by atoms with Gasteiger partial charge in [-0.05, 0) is 17.7 Å². The average molecular weight is 283 g/mol. The molecule has 0 amide bonds. The molecule has 2 aromatic rings. The number of nitrogens with two attached hydrogens (primary N) is 1. The number of hydrogen-bond acceptors (Lipinski definition) is 2. The molecule has 21 heavy (non-hydrogen) atoms. The highest BCUT2D eigenvalue weighted by molar-refractivity contribution is 5.35. The second-order valence-corrected chi connectivity index (χ2v) is 6.26. The molecule has 0 fully saturated rings. The Morgan fingerprint density at radius 2 is 1.33 bits per heavy atom. The van der Waals surface area contributed by atoms with Crippen LogP contribution in [0.2, 0.25) is 0 Å². The number of benzene rings is 2. The van der Waals surface area contributed by atoms with Crippen LogP contribution in [0.15, 0.2) is 60.7 Å². The van der Waals surface area contributed by atoms with Gasteiger partial charge in [-0.3, -0.25) is 0 Å². The molecule has 2 nitrogen and oxygen atoms in total. The van der Waals surface area contributed by atoms with Crippen molar-refractivity contribution < 1.29 is 5.11 Å². The fourth-order valence-electron chi connectivity index (χ4n) is 3.20. The van der Waals surface area contributed by atoms with E-state index >= 15 is 0 Å². The normalized spacial score (nSPS) is 16.2. The highest BCUT2D eigenvalue weighted by Crippen LogP contribution is 2.46. The van der Waals surface area contributed by atoms with E-state index in [9.17, 15) is 5.11 Å². The third-order valence-electron chi connectivity index (χ3n) is 4.73. The quantitative estimate of drug-likeness (QED) is 0.883. The van der Waals surface area contributed by atoms with Gasteiger partial charge >= 0.3 is 0 Å². The predicted molar refractivity (Wildman–Crippen MR) is 88.0 cm³/mol. The summed E-state index contributed by atoms with van der Waals surface area (Å²) < 4.78 is 0. The summed E-state index contributed by atoms with van der Waals surface area (Å²) in [7, 11) is 0. The second-order valence-electron chi connectivity index (χ2n) is 6.26. The van der Waals surface area contributed by atoms with Gasteiger partial charge in [0.15, 0.2) is 0 Å². The van der Waals surface area contributed by atoms with Crippen molar-refractivity contribution in [3.63, 3.8) is 0 Å². The first-order valence-electron chi connectivity index (χ1n) is 7.48. The summed E-state index contributed by atoms with van der Waals surface area (Å²) in [6, 6.07) is 20.0. The first kappa shape index (κ1) is 15.7. The van der Waals surface area contributed by atoms with E-state index in [1.54, 1.807) is 0 Å². The monoisotopic (exact) mass is 283 g/mol. The van der Waals surface area contributed by atoms with Gasteiger partial charge in [-0.2, -0.15) is 0 Å². The topological polar surface area (TPSA) is 46.2 Å². The Labute approximate surface area is 127 Å². The molecule has 112 valence electrons. The van der Waals surface area contributed by atoms with Crippen LogP contribution in [0.3, 0.4) is 0 Å². The van der Waals surface area contributed by atoms with E-state index in [1.807, 2.05) is 55.5 Å². The van der Waals surface area contributed by atoms with E-state index in [0.29, 0.717) is 6.54 Å². The Bertz CT molecular complexity index is 565. The Kier molecular flexibility index (Phi) is 4.50. The van der Waals surface area contributed by atoms with E-state index in [2.05, 4.69) is 26.0 Å². The zero-order valence-corrected chi connectivity index (χ0v) is 13.1. The highest BCUT2D eigenvalue weighted by Gasteiger charge is 2.49. The second kappa shape index (κ2) is 6.00. The lowest BCUT2D eigenvalue weighted by molar-refractivity contribution is -0.0755. The molecule has 3 N–H and O–H groups in total. The molecule has 0 unspecified atom stereocenters. The molecule has 0 aliphatic carbocycles. The predicted octanol–water partition coefficient (Wildman–Crippen LogP) is 3.45. The Morgan fingerprint density at radius 3 is 1.76 bits per heavy atom. The maximum absolute atomic E-state index is 11.7. The molecule has 0 aromatic heterocycles. The largest absolute Gasteiger partial charge is 0.384 e. The van der Waals surface area contributed by atoms with E-state index in [0.717, 1.165) is 11.1 Å². The molecule has 0 radical (unpaired) electrons. The van der Waals surface area contributed by atoms with Crippen LogP contribution in [0.1, 0.15) is 31.9 Å². The van der Waals surface area contributed by atoms with Crippen molar-refractivity contribution in [3.8, 4) is 0 Å². The maximum Gasteiger partial charge on any atom is 0.102 e. The molecule has 0 heterocycles. The van der Waals surface area contributed by atoms with Crippen molar-refractivity contribution in [1.29, 1.82) is 0 Å². The summed E-state index contributed by atoms with van der Waals surface area (Å²) in [4.78, 5) is 0. The standard InChI is InChI=1S/C19H25NO/c1-15(14-20)19(21,17-12-8-5-9-13-17)18(2,3)16-10-6-4-7-11-16/h4-13,15,21H,14,20H2,1-3H3/t15-,19+/m1/s1. The number of aliphatic hydroxyl groups is 1.